The average Bonchev–Trinajstić information content (AvgIpc) is 2.49. The maximum absolute atomic E-state index is 11.9. The van der Waals surface area contributed by atoms with Crippen LogP contribution in [0.1, 0.15) is 5.56 Å². The van der Waals surface area contributed by atoms with E-state index in [-0.39, 0.29) is 5.56 Å². The molecule has 0 unspecified atom stereocenters. The van der Waals surface area contributed by atoms with Gasteiger partial charge in [0.15, 0.2) is 11.5 Å². The number of methoxy groups -OCH3 is 2. The summed E-state index contributed by atoms with van der Waals surface area (Å²) in [7, 11) is 4.91. The molecule has 1 aromatic carbocycles. The highest BCUT2D eigenvalue weighted by molar-refractivity contribution is 5.43. The summed E-state index contributed by atoms with van der Waals surface area (Å²) in [6, 6.07) is 7.02. The number of anilines is 1. The minimum atomic E-state index is -0.161. The van der Waals surface area contributed by atoms with E-state index in [4.69, 9.17) is 9.47 Å². The summed E-state index contributed by atoms with van der Waals surface area (Å²) in [5, 5.41) is 6.99. The van der Waals surface area contributed by atoms with Gasteiger partial charge in [0, 0.05) is 13.1 Å². The van der Waals surface area contributed by atoms with Crippen LogP contribution in [0.2, 0.25) is 0 Å². The zero-order valence-corrected chi connectivity index (χ0v) is 11.7. The molecule has 0 aliphatic carbocycles. The molecule has 0 saturated heterocycles. The van der Waals surface area contributed by atoms with E-state index in [0.29, 0.717) is 23.7 Å². The van der Waals surface area contributed by atoms with Crippen LogP contribution in [0.4, 0.5) is 5.69 Å². The van der Waals surface area contributed by atoms with Gasteiger partial charge in [0.1, 0.15) is 0 Å². The molecule has 6 nitrogen and oxygen atoms in total. The van der Waals surface area contributed by atoms with Crippen LogP contribution >= 0.6 is 0 Å². The van der Waals surface area contributed by atoms with Crippen molar-refractivity contribution < 1.29 is 9.47 Å². The Labute approximate surface area is 117 Å². The van der Waals surface area contributed by atoms with Gasteiger partial charge in [-0.15, -0.1) is 0 Å². The highest BCUT2D eigenvalue weighted by Crippen LogP contribution is 2.27. The Kier molecular flexibility index (Phi) is 4.24. The van der Waals surface area contributed by atoms with Gasteiger partial charge in [-0.3, -0.25) is 4.79 Å². The van der Waals surface area contributed by atoms with Gasteiger partial charge in [0.25, 0.3) is 5.56 Å². The number of aromatic nitrogens is 2. The molecule has 1 heterocycles. The zero-order chi connectivity index (χ0) is 14.5. The lowest BCUT2D eigenvalue weighted by Crippen LogP contribution is -2.22. The molecule has 1 aromatic heterocycles. The van der Waals surface area contributed by atoms with Crippen molar-refractivity contribution in [2.45, 2.75) is 6.54 Å². The van der Waals surface area contributed by atoms with Crippen molar-refractivity contribution in [3.05, 3.63) is 46.4 Å². The Morgan fingerprint density at radius 3 is 2.55 bits per heavy atom. The van der Waals surface area contributed by atoms with E-state index in [1.54, 1.807) is 33.5 Å². The summed E-state index contributed by atoms with van der Waals surface area (Å²) in [5.41, 5.74) is 1.44. The first-order chi connectivity index (χ1) is 9.67. The molecule has 106 valence electrons. The fourth-order valence-corrected chi connectivity index (χ4v) is 1.84. The Morgan fingerprint density at radius 2 is 1.95 bits per heavy atom. The van der Waals surface area contributed by atoms with Gasteiger partial charge in [-0.25, -0.2) is 4.68 Å². The van der Waals surface area contributed by atoms with E-state index in [2.05, 4.69) is 10.4 Å². The third-order valence-corrected chi connectivity index (χ3v) is 2.94. The first-order valence-corrected chi connectivity index (χ1v) is 6.13. The van der Waals surface area contributed by atoms with Gasteiger partial charge in [-0.05, 0) is 17.7 Å². The van der Waals surface area contributed by atoms with Crippen LogP contribution in [-0.2, 0) is 6.54 Å². The lowest BCUT2D eigenvalue weighted by molar-refractivity contribution is 0.354. The van der Waals surface area contributed by atoms with Crippen LogP contribution in [0.3, 0.4) is 0 Å². The van der Waals surface area contributed by atoms with E-state index < -0.39 is 0 Å². The third-order valence-electron chi connectivity index (χ3n) is 2.94. The molecule has 2 rings (SSSR count). The van der Waals surface area contributed by atoms with Crippen molar-refractivity contribution in [1.29, 1.82) is 0 Å². The van der Waals surface area contributed by atoms with Gasteiger partial charge in [-0.1, -0.05) is 6.07 Å². The molecular weight excluding hydrogens is 258 g/mol. The van der Waals surface area contributed by atoms with E-state index in [0.717, 1.165) is 5.56 Å². The maximum atomic E-state index is 11.9. The quantitative estimate of drug-likeness (QED) is 0.892. The molecule has 0 fully saturated rings. The third kappa shape index (κ3) is 2.90. The fraction of sp³-hybridized carbons (Fsp3) is 0.286. The molecule has 0 saturated carbocycles. The van der Waals surface area contributed by atoms with E-state index in [1.165, 1.54) is 10.7 Å². The number of ether oxygens (including phenoxy) is 2. The fourth-order valence-electron chi connectivity index (χ4n) is 1.84. The summed E-state index contributed by atoms with van der Waals surface area (Å²) in [4.78, 5) is 11.9. The molecular formula is C14H17N3O3. The molecule has 0 amide bonds. The van der Waals surface area contributed by atoms with E-state index in [1.807, 2.05) is 12.1 Å². The first kappa shape index (κ1) is 13.9. The van der Waals surface area contributed by atoms with Crippen molar-refractivity contribution in [3.8, 4) is 11.5 Å². The highest BCUT2D eigenvalue weighted by Gasteiger charge is 2.06. The second-order valence-electron chi connectivity index (χ2n) is 4.18. The van der Waals surface area contributed by atoms with Gasteiger partial charge in [-0.2, -0.15) is 5.10 Å². The van der Waals surface area contributed by atoms with Gasteiger partial charge in [0.2, 0.25) is 0 Å². The predicted octanol–water partition coefficient (Wildman–Crippen LogP) is 1.35. The summed E-state index contributed by atoms with van der Waals surface area (Å²) in [6.07, 6.45) is 1.61. The van der Waals surface area contributed by atoms with Crippen LogP contribution < -0.4 is 20.3 Å². The number of hydrogen-bond donors (Lipinski definition) is 1. The summed E-state index contributed by atoms with van der Waals surface area (Å²) in [5.74, 6) is 1.28. The van der Waals surface area contributed by atoms with Crippen LogP contribution in [0.5, 0.6) is 11.5 Å². The largest absolute Gasteiger partial charge is 0.493 e. The molecule has 0 bridgehead atoms. The lowest BCUT2D eigenvalue weighted by atomic mass is 10.2. The lowest BCUT2D eigenvalue weighted by Gasteiger charge is -2.10. The number of nitrogens with zero attached hydrogens (tertiary/aromatic N) is 2. The zero-order valence-electron chi connectivity index (χ0n) is 11.7. The van der Waals surface area contributed by atoms with Crippen LogP contribution in [0.25, 0.3) is 0 Å². The first-order valence-electron chi connectivity index (χ1n) is 6.13. The smallest absolute Gasteiger partial charge is 0.269 e. The molecule has 0 aliphatic rings. The maximum Gasteiger partial charge on any atom is 0.269 e. The minimum absolute atomic E-state index is 0.161. The summed E-state index contributed by atoms with van der Waals surface area (Å²) >= 11 is 0. The van der Waals surface area contributed by atoms with Crippen molar-refractivity contribution in [2.24, 2.45) is 0 Å². The number of rotatable bonds is 5. The van der Waals surface area contributed by atoms with Gasteiger partial charge in [0.05, 0.1) is 32.6 Å². The standard InChI is InChI=1S/C14H17N3O3/c1-15-11-7-14(18)17(16-8-11)9-10-4-5-12(19-2)13(6-10)20-3/h4-8,15H,9H2,1-3H3. The van der Waals surface area contributed by atoms with Crippen molar-refractivity contribution >= 4 is 5.69 Å². The van der Waals surface area contributed by atoms with Crippen LogP contribution in [0.15, 0.2) is 35.3 Å². The van der Waals surface area contributed by atoms with Crippen molar-refractivity contribution in [2.75, 3.05) is 26.6 Å². The molecule has 0 radical (unpaired) electrons. The number of nitrogens with one attached hydrogen (secondary N) is 1. The van der Waals surface area contributed by atoms with Crippen molar-refractivity contribution in [1.82, 2.24) is 9.78 Å². The van der Waals surface area contributed by atoms with E-state index >= 15 is 0 Å². The Balaban J connectivity index is 2.28. The molecule has 1 N–H and O–H groups in total. The van der Waals surface area contributed by atoms with Gasteiger partial charge >= 0.3 is 0 Å². The Morgan fingerprint density at radius 1 is 1.20 bits per heavy atom. The SMILES string of the molecule is CNc1cnn(Cc2ccc(OC)c(OC)c2)c(=O)c1. The minimum Gasteiger partial charge on any atom is -0.493 e. The second kappa shape index (κ2) is 6.10. The van der Waals surface area contributed by atoms with Crippen molar-refractivity contribution in [3.63, 3.8) is 0 Å². The average molecular weight is 275 g/mol. The monoisotopic (exact) mass is 275 g/mol. The topological polar surface area (TPSA) is 65.4 Å². The molecule has 6 heteroatoms. The second-order valence-corrected chi connectivity index (χ2v) is 4.18. The molecule has 20 heavy (non-hydrogen) atoms. The molecule has 0 atom stereocenters. The Bertz CT molecular complexity index is 652. The highest BCUT2D eigenvalue weighted by atomic mass is 16.5. The summed E-state index contributed by atoms with van der Waals surface area (Å²) in [6.45, 7) is 0.378. The normalized spacial score (nSPS) is 10.2. The Hall–Kier alpha value is -2.50. The van der Waals surface area contributed by atoms with E-state index in [9.17, 15) is 4.79 Å². The van der Waals surface area contributed by atoms with Gasteiger partial charge < -0.3 is 14.8 Å². The predicted molar refractivity (Wildman–Crippen MR) is 76.7 cm³/mol. The van der Waals surface area contributed by atoms with Crippen LogP contribution in [-0.4, -0.2) is 31.0 Å². The number of hydrogen-bond acceptors (Lipinski definition) is 5. The number of benzene rings is 1. The van der Waals surface area contributed by atoms with Crippen LogP contribution in [0, 0.1) is 0 Å². The summed E-state index contributed by atoms with van der Waals surface area (Å²) < 4.78 is 11.8. The molecule has 0 spiro atoms. The molecule has 0 aliphatic heterocycles. The molecule has 2 aromatic rings.